The predicted octanol–water partition coefficient (Wildman–Crippen LogP) is 3.38. The second-order valence-corrected chi connectivity index (χ2v) is 9.13. The molecule has 1 aromatic carbocycles. The minimum atomic E-state index is -2.81. The van der Waals surface area contributed by atoms with Gasteiger partial charge in [-0.05, 0) is 25.0 Å². The number of nitrogens with one attached hydrogen (secondary N) is 3. The standard InChI is InChI=1S/C22H22ClF2N9O3/c1-37-16-9-33(8-14(16)30-22(35)36)15-5-10(18(24)25)4-13(17(15)23)29-21-31-19(28-11-2-3-11)20-27-7-12(6-26)34(20)32-21/h4-5,7,11,14,16,18,30H,2-3,8-9H2,1H3,(H,35,36)(H2,28,29,31,32)/t14-,16+/m0/s1. The van der Waals surface area contributed by atoms with Crippen molar-refractivity contribution in [1.29, 1.82) is 5.26 Å². The highest BCUT2D eigenvalue weighted by Gasteiger charge is 2.36. The van der Waals surface area contributed by atoms with E-state index in [9.17, 15) is 18.8 Å². The monoisotopic (exact) mass is 533 g/mol. The first-order valence-corrected chi connectivity index (χ1v) is 11.7. The maximum atomic E-state index is 13.9. The number of hydrogen-bond acceptors (Lipinski definition) is 9. The van der Waals surface area contributed by atoms with Crippen molar-refractivity contribution in [2.45, 2.75) is 37.5 Å². The number of halogens is 3. The summed E-state index contributed by atoms with van der Waals surface area (Å²) in [6, 6.07) is 4.12. The number of hydrogen-bond donors (Lipinski definition) is 4. The molecule has 0 radical (unpaired) electrons. The van der Waals surface area contributed by atoms with E-state index in [4.69, 9.17) is 21.4 Å². The molecule has 2 fully saturated rings. The number of methoxy groups -OCH3 is 1. The Morgan fingerprint density at radius 1 is 1.35 bits per heavy atom. The van der Waals surface area contributed by atoms with Gasteiger partial charge in [0, 0.05) is 31.8 Å². The van der Waals surface area contributed by atoms with Crippen LogP contribution < -0.4 is 20.9 Å². The first-order valence-electron chi connectivity index (χ1n) is 11.4. The number of imidazole rings is 1. The number of carboxylic acid groups (broad SMARTS) is 1. The SMILES string of the molecule is CO[C@@H]1CN(c2cc(C(F)F)cc(Nc3nc(NC4CC4)c4ncc(C#N)n4n3)c2Cl)C[C@@H]1NC(=O)O. The molecule has 2 atom stereocenters. The van der Waals surface area contributed by atoms with E-state index in [-0.39, 0.29) is 52.7 Å². The summed E-state index contributed by atoms with van der Waals surface area (Å²) in [5.41, 5.74) is 0.627. The Bertz CT molecular complexity index is 1390. The third kappa shape index (κ3) is 5.00. The third-order valence-corrected chi connectivity index (χ3v) is 6.58. The van der Waals surface area contributed by atoms with Gasteiger partial charge < -0.3 is 30.7 Å². The number of anilines is 4. The molecule has 3 heterocycles. The molecule has 5 rings (SSSR count). The largest absolute Gasteiger partial charge is 0.465 e. The van der Waals surface area contributed by atoms with Gasteiger partial charge in [-0.3, -0.25) is 0 Å². The van der Waals surface area contributed by atoms with Crippen LogP contribution in [0.1, 0.15) is 30.5 Å². The van der Waals surface area contributed by atoms with Crippen molar-refractivity contribution in [2.24, 2.45) is 0 Å². The Hall–Kier alpha value is -3.96. The normalized spacial score (nSPS) is 19.3. The molecule has 2 aromatic heterocycles. The quantitative estimate of drug-likeness (QED) is 0.339. The van der Waals surface area contributed by atoms with Crippen molar-refractivity contribution in [3.8, 4) is 6.07 Å². The van der Waals surface area contributed by atoms with Crippen molar-refractivity contribution in [1.82, 2.24) is 24.9 Å². The van der Waals surface area contributed by atoms with Gasteiger partial charge in [0.05, 0.1) is 34.7 Å². The third-order valence-electron chi connectivity index (χ3n) is 6.19. The minimum absolute atomic E-state index is 0.0195. The molecule has 1 aliphatic heterocycles. The highest BCUT2D eigenvalue weighted by Crippen LogP contribution is 2.40. The number of nitriles is 1. The van der Waals surface area contributed by atoms with Crippen LogP contribution in [0.15, 0.2) is 18.3 Å². The number of benzene rings is 1. The average Bonchev–Trinajstić information content (AvgIpc) is 3.43. The van der Waals surface area contributed by atoms with Crippen molar-refractivity contribution in [3.05, 3.63) is 34.6 Å². The molecule has 37 heavy (non-hydrogen) atoms. The van der Waals surface area contributed by atoms with Crippen LogP contribution in [0.3, 0.4) is 0 Å². The van der Waals surface area contributed by atoms with Crippen LogP contribution in [0.5, 0.6) is 0 Å². The summed E-state index contributed by atoms with van der Waals surface area (Å²) in [6.07, 6.45) is -1.23. The summed E-state index contributed by atoms with van der Waals surface area (Å²) in [6.45, 7) is 0.390. The Labute approximate surface area is 214 Å². The van der Waals surface area contributed by atoms with Gasteiger partial charge in [0.2, 0.25) is 5.95 Å². The number of ether oxygens (including phenoxy) is 1. The van der Waals surface area contributed by atoms with Crippen molar-refractivity contribution < 1.29 is 23.4 Å². The van der Waals surface area contributed by atoms with E-state index >= 15 is 0 Å². The van der Waals surface area contributed by atoms with Gasteiger partial charge >= 0.3 is 6.09 Å². The van der Waals surface area contributed by atoms with Crippen LogP contribution in [0.2, 0.25) is 5.02 Å². The fourth-order valence-electron chi connectivity index (χ4n) is 4.23. The van der Waals surface area contributed by atoms with Crippen molar-refractivity contribution in [2.75, 3.05) is 35.7 Å². The molecule has 2 aliphatic rings. The van der Waals surface area contributed by atoms with Gasteiger partial charge in [0.1, 0.15) is 6.07 Å². The number of alkyl halides is 2. The second-order valence-electron chi connectivity index (χ2n) is 8.76. The zero-order valence-corrected chi connectivity index (χ0v) is 20.2. The Kier molecular flexibility index (Phi) is 6.57. The number of carbonyl (C=O) groups is 1. The van der Waals surface area contributed by atoms with Gasteiger partial charge in [-0.1, -0.05) is 11.6 Å². The van der Waals surface area contributed by atoms with E-state index in [1.807, 2.05) is 6.07 Å². The Morgan fingerprint density at radius 2 is 2.14 bits per heavy atom. The molecule has 4 N–H and O–H groups in total. The molecule has 0 bridgehead atoms. The Morgan fingerprint density at radius 3 is 2.78 bits per heavy atom. The second kappa shape index (κ2) is 9.83. The summed E-state index contributed by atoms with van der Waals surface area (Å²) in [5, 5.41) is 31.5. The average molecular weight is 534 g/mol. The fraction of sp³-hybridized carbons (Fsp3) is 0.409. The molecule has 1 aliphatic carbocycles. The van der Waals surface area contributed by atoms with Gasteiger partial charge in [-0.2, -0.15) is 14.8 Å². The van der Waals surface area contributed by atoms with Crippen LogP contribution in [-0.4, -0.2) is 69.2 Å². The minimum Gasteiger partial charge on any atom is -0.465 e. The van der Waals surface area contributed by atoms with E-state index in [1.165, 1.54) is 30.0 Å². The summed E-state index contributed by atoms with van der Waals surface area (Å²) in [7, 11) is 1.45. The highest BCUT2D eigenvalue weighted by molar-refractivity contribution is 6.36. The van der Waals surface area contributed by atoms with Gasteiger partial charge in [-0.15, -0.1) is 5.10 Å². The molecule has 12 nitrogen and oxygen atoms in total. The van der Waals surface area contributed by atoms with Gasteiger partial charge in [0.15, 0.2) is 17.2 Å². The molecular formula is C22H22ClF2N9O3. The van der Waals surface area contributed by atoms with E-state index in [0.717, 1.165) is 12.8 Å². The molecule has 1 saturated carbocycles. The summed E-state index contributed by atoms with van der Waals surface area (Å²) >= 11 is 6.68. The molecule has 194 valence electrons. The molecule has 3 aromatic rings. The topological polar surface area (TPSA) is 153 Å². The lowest BCUT2D eigenvalue weighted by atomic mass is 10.1. The van der Waals surface area contributed by atoms with Crippen LogP contribution in [0.4, 0.5) is 36.7 Å². The summed E-state index contributed by atoms with van der Waals surface area (Å²) in [5.74, 6) is 0.416. The van der Waals surface area contributed by atoms with E-state index in [2.05, 4.69) is 31.0 Å². The Balaban J connectivity index is 1.52. The lowest BCUT2D eigenvalue weighted by molar-refractivity contribution is 0.0949. The molecule has 15 heteroatoms. The first-order chi connectivity index (χ1) is 17.8. The molecule has 0 unspecified atom stereocenters. The zero-order valence-electron chi connectivity index (χ0n) is 19.5. The first kappa shape index (κ1) is 24.7. The summed E-state index contributed by atoms with van der Waals surface area (Å²) < 4.78 is 34.4. The van der Waals surface area contributed by atoms with E-state index in [1.54, 1.807) is 4.90 Å². The summed E-state index contributed by atoms with van der Waals surface area (Å²) in [4.78, 5) is 21.5. The predicted molar refractivity (Wildman–Crippen MR) is 130 cm³/mol. The number of aromatic nitrogens is 4. The van der Waals surface area contributed by atoms with E-state index in [0.29, 0.717) is 11.5 Å². The maximum Gasteiger partial charge on any atom is 0.405 e. The van der Waals surface area contributed by atoms with Crippen LogP contribution in [0, 0.1) is 11.3 Å². The number of rotatable bonds is 8. The molecule has 0 spiro atoms. The highest BCUT2D eigenvalue weighted by atomic mass is 35.5. The molecule has 1 amide bonds. The lowest BCUT2D eigenvalue weighted by Crippen LogP contribution is -2.42. The van der Waals surface area contributed by atoms with Crippen LogP contribution >= 0.6 is 11.6 Å². The number of amides is 1. The van der Waals surface area contributed by atoms with E-state index < -0.39 is 24.7 Å². The molecular weight excluding hydrogens is 512 g/mol. The van der Waals surface area contributed by atoms with Gasteiger partial charge in [-0.25, -0.2) is 18.6 Å². The van der Waals surface area contributed by atoms with Crippen LogP contribution in [-0.2, 0) is 4.74 Å². The smallest absolute Gasteiger partial charge is 0.405 e. The number of nitrogens with zero attached hydrogens (tertiary/aromatic N) is 6. The maximum absolute atomic E-state index is 13.9. The van der Waals surface area contributed by atoms with Crippen LogP contribution in [0.25, 0.3) is 5.65 Å². The number of fused-ring (bicyclic) bond motifs is 1. The van der Waals surface area contributed by atoms with Crippen molar-refractivity contribution in [3.63, 3.8) is 0 Å². The lowest BCUT2D eigenvalue weighted by Gasteiger charge is -2.23. The fourth-order valence-corrected chi connectivity index (χ4v) is 4.51. The van der Waals surface area contributed by atoms with Gasteiger partial charge in [0.25, 0.3) is 6.43 Å². The molecule has 1 saturated heterocycles. The zero-order chi connectivity index (χ0) is 26.3. The van der Waals surface area contributed by atoms with Crippen molar-refractivity contribution >= 4 is 46.5 Å².